The lowest BCUT2D eigenvalue weighted by Gasteiger charge is -2.38. The summed E-state index contributed by atoms with van der Waals surface area (Å²) in [6.45, 7) is 11.8. The Morgan fingerprint density at radius 2 is 2.04 bits per heavy atom. The molecule has 0 aliphatic carbocycles. The molecule has 2 atom stereocenters. The molecule has 0 aromatic carbocycles. The van der Waals surface area contributed by atoms with Crippen LogP contribution in [0, 0.1) is 0 Å². The predicted molar refractivity (Wildman–Crippen MR) is 88.1 cm³/mol. The minimum atomic E-state index is 0.275. The van der Waals surface area contributed by atoms with Gasteiger partial charge >= 0.3 is 0 Å². The van der Waals surface area contributed by atoms with Crippen LogP contribution in [0.15, 0.2) is 0 Å². The number of likely N-dealkylation sites (N-methyl/N-ethyl adjacent to an activating group) is 1. The van der Waals surface area contributed by atoms with Crippen LogP contribution in [0.1, 0.15) is 51.4 Å². The summed E-state index contributed by atoms with van der Waals surface area (Å²) < 4.78 is 7.75. The smallest absolute Gasteiger partial charge is 0.168 e. The second kappa shape index (κ2) is 8.17. The Morgan fingerprint density at radius 3 is 2.70 bits per heavy atom. The van der Waals surface area contributed by atoms with Gasteiger partial charge < -0.3 is 9.64 Å². The number of tetrazole rings is 1. The second-order valence-corrected chi connectivity index (χ2v) is 6.63. The van der Waals surface area contributed by atoms with Gasteiger partial charge in [-0.2, -0.15) is 0 Å². The fourth-order valence-corrected chi connectivity index (χ4v) is 3.70. The van der Waals surface area contributed by atoms with E-state index in [1.54, 1.807) is 0 Å². The Hall–Kier alpha value is -1.05. The van der Waals surface area contributed by atoms with Crippen LogP contribution in [0.5, 0.6) is 0 Å². The zero-order valence-corrected chi connectivity index (χ0v) is 14.5. The number of aromatic nitrogens is 4. The molecule has 0 amide bonds. The first-order valence-electron chi connectivity index (χ1n) is 9.15. The third-order valence-electron chi connectivity index (χ3n) is 5.12. The lowest BCUT2D eigenvalue weighted by atomic mass is 10.1. The SMILES string of the molecule is CCCC(c1nnnn1CC1CCCO1)N1CCN(CC)CC1. The van der Waals surface area contributed by atoms with Crippen molar-refractivity contribution in [3.63, 3.8) is 0 Å². The summed E-state index contributed by atoms with van der Waals surface area (Å²) in [5, 5.41) is 12.6. The minimum Gasteiger partial charge on any atom is -0.376 e. The molecular formula is C16H30N6O. The van der Waals surface area contributed by atoms with Gasteiger partial charge in [-0.3, -0.25) is 4.90 Å². The van der Waals surface area contributed by atoms with E-state index in [4.69, 9.17) is 4.74 Å². The average Bonchev–Trinajstić information content (AvgIpc) is 3.25. The van der Waals surface area contributed by atoms with Crippen molar-refractivity contribution >= 4 is 0 Å². The van der Waals surface area contributed by atoms with Gasteiger partial charge in [0, 0.05) is 32.8 Å². The summed E-state index contributed by atoms with van der Waals surface area (Å²) in [7, 11) is 0. The summed E-state index contributed by atoms with van der Waals surface area (Å²) in [6, 6.07) is 0.329. The molecule has 0 spiro atoms. The predicted octanol–water partition coefficient (Wildman–Crippen LogP) is 1.33. The van der Waals surface area contributed by atoms with Gasteiger partial charge in [-0.15, -0.1) is 5.10 Å². The quantitative estimate of drug-likeness (QED) is 0.755. The van der Waals surface area contributed by atoms with E-state index in [9.17, 15) is 0 Å². The van der Waals surface area contributed by atoms with E-state index in [0.717, 1.165) is 77.4 Å². The molecule has 2 saturated heterocycles. The van der Waals surface area contributed by atoms with E-state index in [-0.39, 0.29) is 6.10 Å². The lowest BCUT2D eigenvalue weighted by Crippen LogP contribution is -2.48. The van der Waals surface area contributed by atoms with Crippen molar-refractivity contribution in [2.45, 2.75) is 58.2 Å². The van der Waals surface area contributed by atoms with Crippen LogP contribution in [0.25, 0.3) is 0 Å². The monoisotopic (exact) mass is 322 g/mol. The molecule has 2 fully saturated rings. The number of ether oxygens (including phenoxy) is 1. The van der Waals surface area contributed by atoms with E-state index in [1.165, 1.54) is 0 Å². The standard InChI is InChI=1S/C16H30N6O/c1-3-6-15(21-10-8-20(4-2)9-11-21)16-17-18-19-22(16)13-14-7-5-12-23-14/h14-15H,3-13H2,1-2H3. The van der Waals surface area contributed by atoms with E-state index in [1.807, 2.05) is 4.68 Å². The summed E-state index contributed by atoms with van der Waals surface area (Å²) >= 11 is 0. The molecular weight excluding hydrogens is 292 g/mol. The molecule has 7 heteroatoms. The van der Waals surface area contributed by atoms with Crippen molar-refractivity contribution in [3.8, 4) is 0 Å². The minimum absolute atomic E-state index is 0.275. The zero-order valence-electron chi connectivity index (χ0n) is 14.5. The fourth-order valence-electron chi connectivity index (χ4n) is 3.70. The highest BCUT2D eigenvalue weighted by atomic mass is 16.5. The molecule has 2 unspecified atom stereocenters. The Labute approximate surface area is 139 Å². The molecule has 3 heterocycles. The first-order valence-corrected chi connectivity index (χ1v) is 9.15. The number of rotatable bonds is 7. The molecule has 1 aromatic heterocycles. The second-order valence-electron chi connectivity index (χ2n) is 6.63. The van der Waals surface area contributed by atoms with Gasteiger partial charge in [0.2, 0.25) is 0 Å². The first-order chi connectivity index (χ1) is 11.3. The first kappa shape index (κ1) is 16.8. The Bertz CT molecular complexity index is 465. The van der Waals surface area contributed by atoms with Gasteiger partial charge in [-0.05, 0) is 36.2 Å². The summed E-state index contributed by atoms with van der Waals surface area (Å²) in [6.07, 6.45) is 4.80. The van der Waals surface area contributed by atoms with Crippen LogP contribution in [-0.2, 0) is 11.3 Å². The van der Waals surface area contributed by atoms with E-state index in [2.05, 4.69) is 39.2 Å². The zero-order chi connectivity index (χ0) is 16.1. The maximum absolute atomic E-state index is 5.76. The molecule has 7 nitrogen and oxygen atoms in total. The number of hydrogen-bond donors (Lipinski definition) is 0. The molecule has 2 aliphatic rings. The fraction of sp³-hybridized carbons (Fsp3) is 0.938. The molecule has 1 aromatic rings. The number of piperazine rings is 1. The van der Waals surface area contributed by atoms with E-state index < -0.39 is 0 Å². The number of nitrogens with zero attached hydrogens (tertiary/aromatic N) is 6. The summed E-state index contributed by atoms with van der Waals surface area (Å²) in [5.41, 5.74) is 0. The van der Waals surface area contributed by atoms with Gasteiger partial charge in [0.05, 0.1) is 18.7 Å². The van der Waals surface area contributed by atoms with Crippen molar-refractivity contribution in [2.75, 3.05) is 39.3 Å². The molecule has 0 saturated carbocycles. The van der Waals surface area contributed by atoms with Crippen molar-refractivity contribution in [1.29, 1.82) is 0 Å². The molecule has 0 bridgehead atoms. The molecule has 0 N–H and O–H groups in total. The van der Waals surface area contributed by atoms with Gasteiger partial charge in [-0.25, -0.2) is 4.68 Å². The van der Waals surface area contributed by atoms with Crippen molar-refractivity contribution in [1.82, 2.24) is 30.0 Å². The molecule has 0 radical (unpaired) electrons. The topological polar surface area (TPSA) is 59.3 Å². The van der Waals surface area contributed by atoms with Crippen molar-refractivity contribution < 1.29 is 4.74 Å². The van der Waals surface area contributed by atoms with Crippen LogP contribution in [0.4, 0.5) is 0 Å². The van der Waals surface area contributed by atoms with Gasteiger partial charge in [0.1, 0.15) is 0 Å². The molecule has 2 aliphatic heterocycles. The molecule has 130 valence electrons. The van der Waals surface area contributed by atoms with Gasteiger partial charge in [0.15, 0.2) is 5.82 Å². The highest BCUT2D eigenvalue weighted by molar-refractivity contribution is 4.95. The molecule has 3 rings (SSSR count). The van der Waals surface area contributed by atoms with Crippen molar-refractivity contribution in [2.24, 2.45) is 0 Å². The van der Waals surface area contributed by atoms with Crippen LogP contribution >= 0.6 is 0 Å². The molecule has 23 heavy (non-hydrogen) atoms. The Morgan fingerprint density at radius 1 is 1.22 bits per heavy atom. The largest absolute Gasteiger partial charge is 0.376 e. The van der Waals surface area contributed by atoms with Crippen LogP contribution < -0.4 is 0 Å². The van der Waals surface area contributed by atoms with Gasteiger partial charge in [0.25, 0.3) is 0 Å². The van der Waals surface area contributed by atoms with Crippen molar-refractivity contribution in [3.05, 3.63) is 5.82 Å². The summed E-state index contributed by atoms with van der Waals surface area (Å²) in [4.78, 5) is 5.07. The lowest BCUT2D eigenvalue weighted by molar-refractivity contribution is 0.0774. The van der Waals surface area contributed by atoms with Crippen LogP contribution in [0.3, 0.4) is 0 Å². The maximum atomic E-state index is 5.76. The average molecular weight is 322 g/mol. The van der Waals surface area contributed by atoms with Gasteiger partial charge in [-0.1, -0.05) is 20.3 Å². The third-order valence-corrected chi connectivity index (χ3v) is 5.12. The normalized spacial score (nSPS) is 25.0. The van der Waals surface area contributed by atoms with E-state index in [0.29, 0.717) is 6.04 Å². The number of hydrogen-bond acceptors (Lipinski definition) is 6. The Balaban J connectivity index is 1.69. The van der Waals surface area contributed by atoms with Crippen LogP contribution in [-0.4, -0.2) is 75.4 Å². The Kier molecular flexibility index (Phi) is 5.96. The maximum Gasteiger partial charge on any atom is 0.168 e. The highest BCUT2D eigenvalue weighted by Crippen LogP contribution is 2.26. The third kappa shape index (κ3) is 4.08. The highest BCUT2D eigenvalue weighted by Gasteiger charge is 2.29. The van der Waals surface area contributed by atoms with Crippen LogP contribution in [0.2, 0.25) is 0 Å². The summed E-state index contributed by atoms with van der Waals surface area (Å²) in [5.74, 6) is 1.02. The van der Waals surface area contributed by atoms with E-state index >= 15 is 0 Å².